The molecule has 1 aromatic rings. The van der Waals surface area contributed by atoms with Gasteiger partial charge in [-0.05, 0) is 43.4 Å². The number of anilines is 1. The van der Waals surface area contributed by atoms with Gasteiger partial charge < -0.3 is 15.0 Å². The van der Waals surface area contributed by atoms with Crippen molar-refractivity contribution >= 4 is 17.6 Å². The minimum atomic E-state index is -0.0839. The molecule has 0 bridgehead atoms. The SMILES string of the molecule is O=C(c1cccc(N2CCCNC2=O)c1)N1CCC[C@H](CN2CCOCC2)C1. The standard InChI is InChI=1S/C21H30N4O3/c26-20(18-5-1-6-19(14-18)25-9-3-7-22-21(25)27)24-8-2-4-17(16-24)15-23-10-12-28-13-11-23/h1,5-6,14,17H,2-4,7-13,15-16H2,(H,22,27)/t17-/m1/s1. The van der Waals surface area contributed by atoms with Gasteiger partial charge in [0.05, 0.1) is 13.2 Å². The minimum Gasteiger partial charge on any atom is -0.379 e. The first-order chi connectivity index (χ1) is 13.7. The van der Waals surface area contributed by atoms with Crippen molar-refractivity contribution in [2.24, 2.45) is 5.92 Å². The molecule has 28 heavy (non-hydrogen) atoms. The van der Waals surface area contributed by atoms with E-state index in [1.165, 1.54) is 6.42 Å². The van der Waals surface area contributed by atoms with Gasteiger partial charge in [0.15, 0.2) is 0 Å². The minimum absolute atomic E-state index is 0.0749. The van der Waals surface area contributed by atoms with Gasteiger partial charge in [0, 0.05) is 57.1 Å². The first-order valence-electron chi connectivity index (χ1n) is 10.5. The summed E-state index contributed by atoms with van der Waals surface area (Å²) >= 11 is 0. The second-order valence-electron chi connectivity index (χ2n) is 7.96. The van der Waals surface area contributed by atoms with Gasteiger partial charge >= 0.3 is 6.03 Å². The lowest BCUT2D eigenvalue weighted by molar-refractivity contribution is 0.0224. The molecule has 3 amide bonds. The van der Waals surface area contributed by atoms with Crippen molar-refractivity contribution in [2.45, 2.75) is 19.3 Å². The Morgan fingerprint density at radius 3 is 2.82 bits per heavy atom. The van der Waals surface area contributed by atoms with E-state index in [1.807, 2.05) is 29.2 Å². The van der Waals surface area contributed by atoms with Crippen LogP contribution >= 0.6 is 0 Å². The van der Waals surface area contributed by atoms with E-state index in [2.05, 4.69) is 10.2 Å². The Kier molecular flexibility index (Phi) is 6.12. The van der Waals surface area contributed by atoms with Crippen LogP contribution in [0.1, 0.15) is 29.6 Å². The molecule has 1 atom stereocenters. The molecule has 7 nitrogen and oxygen atoms in total. The highest BCUT2D eigenvalue weighted by molar-refractivity contribution is 5.98. The number of likely N-dealkylation sites (tertiary alicyclic amines) is 1. The van der Waals surface area contributed by atoms with E-state index < -0.39 is 0 Å². The zero-order chi connectivity index (χ0) is 19.3. The molecule has 3 fully saturated rings. The van der Waals surface area contributed by atoms with Crippen LogP contribution in [-0.2, 0) is 4.74 Å². The van der Waals surface area contributed by atoms with Crippen LogP contribution in [0.2, 0.25) is 0 Å². The van der Waals surface area contributed by atoms with Crippen molar-refractivity contribution in [2.75, 3.05) is 63.9 Å². The molecule has 3 heterocycles. The fourth-order valence-corrected chi connectivity index (χ4v) is 4.41. The monoisotopic (exact) mass is 386 g/mol. The molecule has 0 aliphatic carbocycles. The van der Waals surface area contributed by atoms with Crippen LogP contribution < -0.4 is 10.2 Å². The summed E-state index contributed by atoms with van der Waals surface area (Å²) in [6.07, 6.45) is 3.14. The Hall–Kier alpha value is -2.12. The van der Waals surface area contributed by atoms with Gasteiger partial charge in [0.25, 0.3) is 5.91 Å². The smallest absolute Gasteiger partial charge is 0.321 e. The molecule has 0 radical (unpaired) electrons. The van der Waals surface area contributed by atoms with Crippen LogP contribution in [0.5, 0.6) is 0 Å². The number of carbonyl (C=O) groups excluding carboxylic acids is 2. The lowest BCUT2D eigenvalue weighted by Gasteiger charge is -2.37. The molecule has 0 saturated carbocycles. The Morgan fingerprint density at radius 2 is 2.00 bits per heavy atom. The molecule has 1 aromatic carbocycles. The zero-order valence-electron chi connectivity index (χ0n) is 16.4. The third kappa shape index (κ3) is 4.47. The van der Waals surface area contributed by atoms with Gasteiger partial charge in [-0.1, -0.05) is 6.07 Å². The maximum absolute atomic E-state index is 13.1. The van der Waals surface area contributed by atoms with Crippen molar-refractivity contribution in [1.29, 1.82) is 0 Å². The number of amides is 3. The van der Waals surface area contributed by atoms with Gasteiger partial charge in [0.2, 0.25) is 0 Å². The molecule has 0 spiro atoms. The zero-order valence-corrected chi connectivity index (χ0v) is 16.4. The molecule has 4 rings (SSSR count). The predicted molar refractivity (Wildman–Crippen MR) is 108 cm³/mol. The molecule has 152 valence electrons. The maximum atomic E-state index is 13.1. The van der Waals surface area contributed by atoms with Gasteiger partial charge in [-0.3, -0.25) is 14.6 Å². The van der Waals surface area contributed by atoms with E-state index in [1.54, 1.807) is 4.90 Å². The highest BCUT2D eigenvalue weighted by Gasteiger charge is 2.27. The van der Waals surface area contributed by atoms with Gasteiger partial charge in [-0.2, -0.15) is 0 Å². The van der Waals surface area contributed by atoms with Gasteiger partial charge in [-0.15, -0.1) is 0 Å². The predicted octanol–water partition coefficient (Wildman–Crippen LogP) is 1.79. The first kappa shape index (κ1) is 19.2. The summed E-state index contributed by atoms with van der Waals surface area (Å²) < 4.78 is 5.44. The normalized spacial score (nSPS) is 24.1. The van der Waals surface area contributed by atoms with E-state index in [4.69, 9.17) is 4.74 Å². The van der Waals surface area contributed by atoms with E-state index >= 15 is 0 Å². The molecular formula is C21H30N4O3. The van der Waals surface area contributed by atoms with Gasteiger partial charge in [0.1, 0.15) is 0 Å². The third-order valence-electron chi connectivity index (χ3n) is 5.91. The Balaban J connectivity index is 1.40. The molecular weight excluding hydrogens is 356 g/mol. The van der Waals surface area contributed by atoms with Crippen molar-refractivity contribution in [3.63, 3.8) is 0 Å². The van der Waals surface area contributed by atoms with E-state index in [0.717, 1.165) is 64.5 Å². The average Bonchev–Trinajstić information content (AvgIpc) is 2.74. The van der Waals surface area contributed by atoms with Crippen molar-refractivity contribution in [3.05, 3.63) is 29.8 Å². The number of hydrogen-bond acceptors (Lipinski definition) is 4. The lowest BCUT2D eigenvalue weighted by Crippen LogP contribution is -2.47. The molecule has 3 aliphatic rings. The summed E-state index contributed by atoms with van der Waals surface area (Å²) in [6, 6.07) is 7.41. The van der Waals surface area contributed by atoms with E-state index in [-0.39, 0.29) is 11.9 Å². The number of hydrogen-bond donors (Lipinski definition) is 1. The molecule has 3 aliphatic heterocycles. The Labute approximate surface area is 166 Å². The number of morpholine rings is 1. The van der Waals surface area contributed by atoms with Crippen LogP contribution in [0.4, 0.5) is 10.5 Å². The van der Waals surface area contributed by atoms with Crippen LogP contribution in [0.25, 0.3) is 0 Å². The number of piperidine rings is 1. The number of nitrogens with zero attached hydrogens (tertiary/aromatic N) is 3. The van der Waals surface area contributed by atoms with E-state index in [0.29, 0.717) is 24.6 Å². The molecule has 1 N–H and O–H groups in total. The summed E-state index contributed by atoms with van der Waals surface area (Å²) in [5, 5.41) is 2.87. The number of urea groups is 1. The molecule has 0 unspecified atom stereocenters. The van der Waals surface area contributed by atoms with Gasteiger partial charge in [-0.25, -0.2) is 4.79 Å². The summed E-state index contributed by atoms with van der Waals surface area (Å²) in [4.78, 5) is 31.4. The fourth-order valence-electron chi connectivity index (χ4n) is 4.41. The number of rotatable bonds is 4. The highest BCUT2D eigenvalue weighted by atomic mass is 16.5. The molecule has 7 heteroatoms. The largest absolute Gasteiger partial charge is 0.379 e. The lowest BCUT2D eigenvalue weighted by atomic mass is 9.96. The molecule has 3 saturated heterocycles. The highest BCUT2D eigenvalue weighted by Crippen LogP contribution is 2.23. The second-order valence-corrected chi connectivity index (χ2v) is 7.96. The first-order valence-corrected chi connectivity index (χ1v) is 10.5. The number of ether oxygens (including phenoxy) is 1. The maximum Gasteiger partial charge on any atom is 0.321 e. The number of benzene rings is 1. The van der Waals surface area contributed by atoms with Crippen LogP contribution in [0.3, 0.4) is 0 Å². The van der Waals surface area contributed by atoms with Crippen LogP contribution in [0.15, 0.2) is 24.3 Å². The summed E-state index contributed by atoms with van der Waals surface area (Å²) in [5.41, 5.74) is 1.47. The quantitative estimate of drug-likeness (QED) is 0.857. The Bertz CT molecular complexity index is 705. The third-order valence-corrected chi connectivity index (χ3v) is 5.91. The number of nitrogens with one attached hydrogen (secondary N) is 1. The van der Waals surface area contributed by atoms with E-state index in [9.17, 15) is 9.59 Å². The fraction of sp³-hybridized carbons (Fsp3) is 0.619. The van der Waals surface area contributed by atoms with Crippen molar-refractivity contribution in [1.82, 2.24) is 15.1 Å². The molecule has 0 aromatic heterocycles. The van der Waals surface area contributed by atoms with Crippen molar-refractivity contribution < 1.29 is 14.3 Å². The Morgan fingerprint density at radius 1 is 1.14 bits per heavy atom. The number of carbonyl (C=O) groups is 2. The van der Waals surface area contributed by atoms with Crippen LogP contribution in [0, 0.1) is 5.92 Å². The average molecular weight is 386 g/mol. The summed E-state index contributed by atoms with van der Waals surface area (Å²) in [5.74, 6) is 0.595. The summed E-state index contributed by atoms with van der Waals surface area (Å²) in [7, 11) is 0. The second kappa shape index (κ2) is 8.92. The van der Waals surface area contributed by atoms with Crippen LogP contribution in [-0.4, -0.2) is 80.8 Å². The summed E-state index contributed by atoms with van der Waals surface area (Å²) in [6.45, 7) is 7.67. The topological polar surface area (TPSA) is 65.1 Å². The van der Waals surface area contributed by atoms with Crippen molar-refractivity contribution in [3.8, 4) is 0 Å².